The van der Waals surface area contributed by atoms with Gasteiger partial charge in [0.1, 0.15) is 0 Å². The Balaban J connectivity index is 2.14. The van der Waals surface area contributed by atoms with Crippen LogP contribution in [0.5, 0.6) is 0 Å². The third-order valence-corrected chi connectivity index (χ3v) is 5.82. The maximum absolute atomic E-state index is 12.6. The fourth-order valence-corrected chi connectivity index (χ4v) is 3.60. The number of carbonyl (C=O) groups excluding carboxylic acids is 1. The number of rotatable bonds is 5. The third kappa shape index (κ3) is 4.86. The van der Waals surface area contributed by atoms with Crippen LogP contribution in [-0.2, 0) is 21.0 Å². The molecule has 0 bridgehead atoms. The van der Waals surface area contributed by atoms with Crippen LogP contribution in [0.4, 0.5) is 18.9 Å². The highest BCUT2D eigenvalue weighted by atomic mass is 32.2. The summed E-state index contributed by atoms with van der Waals surface area (Å²) in [5.41, 5.74) is 1.31. The Labute approximate surface area is 155 Å². The number of nitrogens with zero attached hydrogens (tertiary/aromatic N) is 1. The first kappa shape index (κ1) is 20.9. The molecule has 2 aromatic rings. The summed E-state index contributed by atoms with van der Waals surface area (Å²) >= 11 is 0. The molecule has 0 atom stereocenters. The van der Waals surface area contributed by atoms with Gasteiger partial charge in [-0.15, -0.1) is 0 Å². The molecule has 0 saturated carbocycles. The van der Waals surface area contributed by atoms with E-state index in [2.05, 4.69) is 5.32 Å². The lowest BCUT2D eigenvalue weighted by Gasteiger charge is -2.18. The predicted octanol–water partition coefficient (Wildman–Crippen LogP) is 3.58. The van der Waals surface area contributed by atoms with Crippen molar-refractivity contribution in [1.82, 2.24) is 4.31 Å². The highest BCUT2D eigenvalue weighted by Crippen LogP contribution is 2.30. The van der Waals surface area contributed by atoms with Crippen molar-refractivity contribution in [3.8, 4) is 0 Å². The summed E-state index contributed by atoms with van der Waals surface area (Å²) in [5, 5.41) is 2.67. The first-order valence-corrected chi connectivity index (χ1v) is 9.36. The van der Waals surface area contributed by atoms with Crippen LogP contribution >= 0.6 is 0 Å². The summed E-state index contributed by atoms with van der Waals surface area (Å²) in [6.45, 7) is 3.15. The number of sulfonamides is 1. The van der Waals surface area contributed by atoms with Gasteiger partial charge in [-0.3, -0.25) is 4.79 Å². The van der Waals surface area contributed by atoms with Crippen LogP contribution in [0.3, 0.4) is 0 Å². The van der Waals surface area contributed by atoms with E-state index >= 15 is 0 Å². The number of para-hydroxylation sites is 1. The molecule has 27 heavy (non-hydrogen) atoms. The highest BCUT2D eigenvalue weighted by molar-refractivity contribution is 7.89. The minimum absolute atomic E-state index is 0.321. The zero-order valence-electron chi connectivity index (χ0n) is 15.0. The van der Waals surface area contributed by atoms with Crippen LogP contribution in [0.15, 0.2) is 47.4 Å². The van der Waals surface area contributed by atoms with Crippen molar-refractivity contribution >= 4 is 21.6 Å². The molecule has 0 spiro atoms. The number of alkyl halides is 3. The molecule has 0 aliphatic rings. The summed E-state index contributed by atoms with van der Waals surface area (Å²) in [4.78, 5) is 11.9. The van der Waals surface area contributed by atoms with E-state index in [0.29, 0.717) is 17.8 Å². The standard InChI is InChI=1S/C18H19F3N2O3S/c1-12-5-4-6-13(2)17(12)22-16(24)11-23(3)27(25,26)15-9-7-14(8-10-15)18(19,20)21/h4-10H,11H2,1-3H3,(H,22,24). The Morgan fingerprint density at radius 3 is 2.04 bits per heavy atom. The fraction of sp³-hybridized carbons (Fsp3) is 0.278. The van der Waals surface area contributed by atoms with Gasteiger partial charge in [-0.1, -0.05) is 18.2 Å². The van der Waals surface area contributed by atoms with Crippen LogP contribution in [0.25, 0.3) is 0 Å². The second kappa shape index (κ2) is 7.69. The van der Waals surface area contributed by atoms with Crippen LogP contribution in [0.2, 0.25) is 0 Å². The summed E-state index contributed by atoms with van der Waals surface area (Å²) in [6.07, 6.45) is -4.56. The molecule has 0 aliphatic carbocycles. The Morgan fingerprint density at radius 2 is 1.56 bits per heavy atom. The van der Waals surface area contributed by atoms with Crippen LogP contribution in [-0.4, -0.2) is 32.2 Å². The number of amides is 1. The van der Waals surface area contributed by atoms with Crippen LogP contribution < -0.4 is 5.32 Å². The molecule has 2 aromatic carbocycles. The van der Waals surface area contributed by atoms with Gasteiger partial charge < -0.3 is 5.32 Å². The second-order valence-corrected chi connectivity index (χ2v) is 8.14. The lowest BCUT2D eigenvalue weighted by atomic mass is 10.1. The van der Waals surface area contributed by atoms with E-state index < -0.39 is 34.2 Å². The minimum Gasteiger partial charge on any atom is -0.324 e. The summed E-state index contributed by atoms with van der Waals surface area (Å²) < 4.78 is 63.6. The van der Waals surface area contributed by atoms with Crippen molar-refractivity contribution < 1.29 is 26.4 Å². The quantitative estimate of drug-likeness (QED) is 0.834. The fourth-order valence-electron chi connectivity index (χ4n) is 2.47. The SMILES string of the molecule is Cc1cccc(C)c1NC(=O)CN(C)S(=O)(=O)c1ccc(C(F)(F)F)cc1. The molecular weight excluding hydrogens is 381 g/mol. The van der Waals surface area contributed by atoms with Gasteiger partial charge in [-0.25, -0.2) is 8.42 Å². The normalized spacial score (nSPS) is 12.3. The van der Waals surface area contributed by atoms with Crippen molar-refractivity contribution in [3.63, 3.8) is 0 Å². The van der Waals surface area contributed by atoms with Gasteiger partial charge in [0.15, 0.2) is 0 Å². The number of carbonyl (C=O) groups is 1. The van der Waals surface area contributed by atoms with E-state index in [9.17, 15) is 26.4 Å². The molecule has 0 aliphatic heterocycles. The summed E-state index contributed by atoms with van der Waals surface area (Å²) in [5.74, 6) is -0.551. The highest BCUT2D eigenvalue weighted by Gasteiger charge is 2.31. The molecule has 1 N–H and O–H groups in total. The van der Waals surface area contributed by atoms with Crippen molar-refractivity contribution in [2.75, 3.05) is 18.9 Å². The maximum atomic E-state index is 12.6. The van der Waals surface area contributed by atoms with Crippen LogP contribution in [0, 0.1) is 13.8 Å². The summed E-state index contributed by atoms with van der Waals surface area (Å²) in [6, 6.07) is 8.59. The van der Waals surface area contributed by atoms with E-state index in [1.165, 1.54) is 7.05 Å². The third-order valence-electron chi connectivity index (χ3n) is 4.00. The smallest absolute Gasteiger partial charge is 0.324 e. The van der Waals surface area contributed by atoms with Crippen LogP contribution in [0.1, 0.15) is 16.7 Å². The van der Waals surface area contributed by atoms with E-state index in [1.807, 2.05) is 32.0 Å². The van der Waals surface area contributed by atoms with Crippen molar-refractivity contribution in [2.24, 2.45) is 0 Å². The monoisotopic (exact) mass is 400 g/mol. The number of likely N-dealkylation sites (N-methyl/N-ethyl adjacent to an activating group) is 1. The molecule has 0 fully saturated rings. The predicted molar refractivity (Wildman–Crippen MR) is 95.8 cm³/mol. The number of aryl methyl sites for hydroxylation is 2. The molecule has 0 saturated heterocycles. The largest absolute Gasteiger partial charge is 0.416 e. The van der Waals surface area contributed by atoms with Gasteiger partial charge in [0, 0.05) is 12.7 Å². The zero-order valence-corrected chi connectivity index (χ0v) is 15.8. The Morgan fingerprint density at radius 1 is 1.04 bits per heavy atom. The molecule has 5 nitrogen and oxygen atoms in total. The van der Waals surface area contributed by atoms with E-state index in [4.69, 9.17) is 0 Å². The van der Waals surface area contributed by atoms with E-state index in [1.54, 1.807) is 0 Å². The Bertz CT molecular complexity index is 919. The molecule has 1 amide bonds. The average Bonchev–Trinajstić information content (AvgIpc) is 2.57. The molecule has 0 aromatic heterocycles. The topological polar surface area (TPSA) is 66.5 Å². The lowest BCUT2D eigenvalue weighted by molar-refractivity contribution is -0.137. The number of hydrogen-bond acceptors (Lipinski definition) is 3. The second-order valence-electron chi connectivity index (χ2n) is 6.10. The van der Waals surface area contributed by atoms with Gasteiger partial charge in [0.25, 0.3) is 0 Å². The van der Waals surface area contributed by atoms with E-state index in [0.717, 1.165) is 27.6 Å². The van der Waals surface area contributed by atoms with Crippen molar-refractivity contribution in [2.45, 2.75) is 24.9 Å². The number of halogens is 3. The minimum atomic E-state index is -4.56. The van der Waals surface area contributed by atoms with E-state index in [-0.39, 0.29) is 4.90 Å². The number of benzene rings is 2. The molecule has 0 heterocycles. The molecule has 9 heteroatoms. The number of anilines is 1. The van der Waals surface area contributed by atoms with Crippen molar-refractivity contribution in [3.05, 3.63) is 59.2 Å². The average molecular weight is 400 g/mol. The molecule has 2 rings (SSSR count). The van der Waals surface area contributed by atoms with Gasteiger partial charge >= 0.3 is 6.18 Å². The Hall–Kier alpha value is -2.39. The Kier molecular flexibility index (Phi) is 5.96. The maximum Gasteiger partial charge on any atom is 0.416 e. The first-order chi connectivity index (χ1) is 12.4. The molecule has 0 unspecified atom stereocenters. The first-order valence-electron chi connectivity index (χ1n) is 7.92. The molecular formula is C18H19F3N2O3S. The van der Waals surface area contributed by atoms with Crippen molar-refractivity contribution in [1.29, 1.82) is 0 Å². The van der Waals surface area contributed by atoms with Gasteiger partial charge in [0.05, 0.1) is 17.0 Å². The molecule has 0 radical (unpaired) electrons. The lowest BCUT2D eigenvalue weighted by Crippen LogP contribution is -2.35. The number of hydrogen-bond donors (Lipinski definition) is 1. The molecule has 146 valence electrons. The zero-order chi connectivity index (χ0) is 20.4. The van der Waals surface area contributed by atoms with Gasteiger partial charge in [0.2, 0.25) is 15.9 Å². The number of nitrogens with one attached hydrogen (secondary N) is 1. The van der Waals surface area contributed by atoms with Gasteiger partial charge in [-0.2, -0.15) is 17.5 Å². The van der Waals surface area contributed by atoms with Gasteiger partial charge in [-0.05, 0) is 49.2 Å². The summed E-state index contributed by atoms with van der Waals surface area (Å²) in [7, 11) is -2.91.